The number of nitrogens with one attached hydrogen (secondary N) is 1. The van der Waals surface area contributed by atoms with Crippen molar-refractivity contribution in [3.05, 3.63) is 58.1 Å². The van der Waals surface area contributed by atoms with Crippen molar-refractivity contribution in [2.75, 3.05) is 5.01 Å². The lowest BCUT2D eigenvalue weighted by Gasteiger charge is -2.24. The second-order valence-electron chi connectivity index (χ2n) is 4.82. The van der Waals surface area contributed by atoms with E-state index in [0.29, 0.717) is 4.47 Å². The molecule has 0 aliphatic rings. The van der Waals surface area contributed by atoms with Crippen molar-refractivity contribution >= 4 is 44.9 Å². The minimum absolute atomic E-state index is 0.0786. The Morgan fingerprint density at radius 3 is 2.52 bits per heavy atom. The Morgan fingerprint density at radius 1 is 1.24 bits per heavy atom. The third-order valence-corrected chi connectivity index (χ3v) is 3.74. The number of alkyl halides is 3. The van der Waals surface area contributed by atoms with Gasteiger partial charge in [-0.3, -0.25) is 10.2 Å². The van der Waals surface area contributed by atoms with E-state index < -0.39 is 17.6 Å². The number of hydrogen-bond donors (Lipinski definition) is 3. The van der Waals surface area contributed by atoms with Gasteiger partial charge in [0, 0.05) is 4.47 Å². The first-order valence-electron chi connectivity index (χ1n) is 6.66. The van der Waals surface area contributed by atoms with Gasteiger partial charge >= 0.3 is 6.18 Å². The van der Waals surface area contributed by atoms with E-state index in [4.69, 9.17) is 18.0 Å². The molecular formula is C15H11BrF3N3O2S. The molecule has 2 rings (SSSR count). The van der Waals surface area contributed by atoms with Gasteiger partial charge < -0.3 is 10.8 Å². The molecule has 0 aliphatic heterocycles. The van der Waals surface area contributed by atoms with Crippen LogP contribution in [0.4, 0.5) is 18.9 Å². The van der Waals surface area contributed by atoms with Gasteiger partial charge in [0.2, 0.25) is 0 Å². The standard InChI is InChI=1S/C15H11BrF3N3O2S/c16-9-4-5-12(23)11(7-9)13(24)21-22(14(20)25)10-3-1-2-8(6-10)15(17,18)19/h1-7,23H,(H2,20,25)(H,21,24). The number of rotatable bonds is 2. The van der Waals surface area contributed by atoms with Crippen molar-refractivity contribution in [1.82, 2.24) is 5.43 Å². The lowest BCUT2D eigenvalue weighted by Crippen LogP contribution is -2.49. The van der Waals surface area contributed by atoms with E-state index in [0.717, 1.165) is 23.2 Å². The highest BCUT2D eigenvalue weighted by Crippen LogP contribution is 2.31. The molecule has 0 radical (unpaired) electrons. The van der Waals surface area contributed by atoms with Gasteiger partial charge in [-0.05, 0) is 48.6 Å². The highest BCUT2D eigenvalue weighted by Gasteiger charge is 2.31. The number of anilines is 1. The number of benzene rings is 2. The number of phenols is 1. The number of thiocarbonyl (C=S) groups is 1. The third-order valence-electron chi connectivity index (χ3n) is 3.07. The predicted octanol–water partition coefficient (Wildman–Crippen LogP) is 3.57. The summed E-state index contributed by atoms with van der Waals surface area (Å²) in [7, 11) is 0. The highest BCUT2D eigenvalue weighted by molar-refractivity contribution is 9.10. The molecule has 2 aromatic carbocycles. The van der Waals surface area contributed by atoms with E-state index in [1.165, 1.54) is 24.3 Å². The fourth-order valence-corrected chi connectivity index (χ4v) is 2.43. The van der Waals surface area contributed by atoms with E-state index in [1.807, 2.05) is 0 Å². The SMILES string of the molecule is NC(=S)N(NC(=O)c1cc(Br)ccc1O)c1cccc(C(F)(F)F)c1. The first-order valence-corrected chi connectivity index (χ1v) is 7.86. The summed E-state index contributed by atoms with van der Waals surface area (Å²) in [5.41, 5.74) is 6.68. The molecule has 2 aromatic rings. The number of aromatic hydroxyl groups is 1. The molecule has 0 saturated carbocycles. The van der Waals surface area contributed by atoms with Crippen molar-refractivity contribution in [2.24, 2.45) is 5.73 Å². The summed E-state index contributed by atoms with van der Waals surface area (Å²) in [4.78, 5) is 12.3. The Bertz CT molecular complexity index is 830. The Labute approximate surface area is 154 Å². The number of halogens is 4. The molecule has 0 spiro atoms. The van der Waals surface area contributed by atoms with Gasteiger partial charge in [-0.15, -0.1) is 0 Å². The molecule has 0 aromatic heterocycles. The minimum atomic E-state index is -4.57. The maximum absolute atomic E-state index is 12.8. The molecule has 0 heterocycles. The summed E-state index contributed by atoms with van der Waals surface area (Å²) in [6.45, 7) is 0. The van der Waals surface area contributed by atoms with Crippen LogP contribution in [0, 0.1) is 0 Å². The Balaban J connectivity index is 2.35. The molecule has 0 bridgehead atoms. The predicted molar refractivity (Wildman–Crippen MR) is 94.0 cm³/mol. The van der Waals surface area contributed by atoms with Gasteiger partial charge in [-0.1, -0.05) is 22.0 Å². The van der Waals surface area contributed by atoms with Gasteiger partial charge in [0.15, 0.2) is 5.11 Å². The average Bonchev–Trinajstić information content (AvgIpc) is 2.53. The molecule has 4 N–H and O–H groups in total. The smallest absolute Gasteiger partial charge is 0.416 e. The summed E-state index contributed by atoms with van der Waals surface area (Å²) in [6.07, 6.45) is -4.57. The number of nitrogens with zero attached hydrogens (tertiary/aromatic N) is 1. The Kier molecular flexibility index (Phi) is 5.53. The third kappa shape index (κ3) is 4.60. The molecule has 0 saturated heterocycles. The number of phenolic OH excluding ortho intramolecular Hbond substituents is 1. The molecule has 25 heavy (non-hydrogen) atoms. The quantitative estimate of drug-likeness (QED) is 0.498. The molecule has 1 amide bonds. The van der Waals surface area contributed by atoms with Crippen LogP contribution in [0.2, 0.25) is 0 Å². The molecule has 132 valence electrons. The fourth-order valence-electron chi connectivity index (χ4n) is 1.92. The normalized spacial score (nSPS) is 11.0. The van der Waals surface area contributed by atoms with E-state index >= 15 is 0 Å². The average molecular weight is 434 g/mol. The van der Waals surface area contributed by atoms with Crippen LogP contribution in [-0.4, -0.2) is 16.1 Å². The van der Waals surface area contributed by atoms with Crippen molar-refractivity contribution in [3.63, 3.8) is 0 Å². The Morgan fingerprint density at radius 2 is 1.92 bits per heavy atom. The molecule has 0 atom stereocenters. The van der Waals surface area contributed by atoms with Crippen LogP contribution in [0.15, 0.2) is 46.9 Å². The fraction of sp³-hybridized carbons (Fsp3) is 0.0667. The molecule has 0 unspecified atom stereocenters. The monoisotopic (exact) mass is 433 g/mol. The summed E-state index contributed by atoms with van der Waals surface area (Å²) in [6, 6.07) is 8.28. The first kappa shape index (κ1) is 19.0. The van der Waals surface area contributed by atoms with Crippen LogP contribution in [0.25, 0.3) is 0 Å². The van der Waals surface area contributed by atoms with E-state index in [1.54, 1.807) is 0 Å². The number of hydrazine groups is 1. The van der Waals surface area contributed by atoms with Crippen LogP contribution >= 0.6 is 28.1 Å². The van der Waals surface area contributed by atoms with Crippen LogP contribution < -0.4 is 16.2 Å². The first-order chi connectivity index (χ1) is 11.6. The minimum Gasteiger partial charge on any atom is -0.507 e. The second kappa shape index (κ2) is 7.28. The van der Waals surface area contributed by atoms with Gasteiger partial charge in [0.25, 0.3) is 5.91 Å². The van der Waals surface area contributed by atoms with Gasteiger partial charge in [-0.2, -0.15) is 13.2 Å². The maximum atomic E-state index is 12.8. The maximum Gasteiger partial charge on any atom is 0.416 e. The summed E-state index contributed by atoms with van der Waals surface area (Å²) in [5, 5.41) is 10.2. The number of nitrogens with two attached hydrogens (primary N) is 1. The van der Waals surface area contributed by atoms with Gasteiger partial charge in [0.1, 0.15) is 5.75 Å². The topological polar surface area (TPSA) is 78.6 Å². The van der Waals surface area contributed by atoms with Gasteiger partial charge in [-0.25, -0.2) is 5.01 Å². The van der Waals surface area contributed by atoms with Gasteiger partial charge in [0.05, 0.1) is 16.8 Å². The Hall–Kier alpha value is -2.33. The number of carbonyl (C=O) groups is 1. The lowest BCUT2D eigenvalue weighted by atomic mass is 10.2. The van der Waals surface area contributed by atoms with Crippen molar-refractivity contribution in [3.8, 4) is 5.75 Å². The van der Waals surface area contributed by atoms with Crippen LogP contribution in [0.3, 0.4) is 0 Å². The number of amides is 1. The zero-order chi connectivity index (χ0) is 18.8. The van der Waals surface area contributed by atoms with E-state index in [9.17, 15) is 23.1 Å². The molecule has 10 heteroatoms. The molecular weight excluding hydrogens is 423 g/mol. The van der Waals surface area contributed by atoms with Crippen molar-refractivity contribution in [1.29, 1.82) is 0 Å². The van der Waals surface area contributed by atoms with E-state index in [-0.39, 0.29) is 22.1 Å². The lowest BCUT2D eigenvalue weighted by molar-refractivity contribution is -0.137. The summed E-state index contributed by atoms with van der Waals surface area (Å²) in [5.74, 6) is -1.11. The zero-order valence-electron chi connectivity index (χ0n) is 12.3. The van der Waals surface area contributed by atoms with Crippen molar-refractivity contribution < 1.29 is 23.1 Å². The highest BCUT2D eigenvalue weighted by atomic mass is 79.9. The molecule has 0 fully saturated rings. The summed E-state index contributed by atoms with van der Waals surface area (Å²) >= 11 is 7.95. The number of carbonyl (C=O) groups excluding carboxylic acids is 1. The molecule has 5 nitrogen and oxygen atoms in total. The van der Waals surface area contributed by atoms with Crippen LogP contribution in [0.1, 0.15) is 15.9 Å². The van der Waals surface area contributed by atoms with Crippen LogP contribution in [-0.2, 0) is 6.18 Å². The van der Waals surface area contributed by atoms with Crippen LogP contribution in [0.5, 0.6) is 5.75 Å². The zero-order valence-corrected chi connectivity index (χ0v) is 14.7. The largest absolute Gasteiger partial charge is 0.507 e. The van der Waals surface area contributed by atoms with Crippen molar-refractivity contribution in [2.45, 2.75) is 6.18 Å². The van der Waals surface area contributed by atoms with E-state index in [2.05, 4.69) is 21.4 Å². The second-order valence-corrected chi connectivity index (χ2v) is 6.16. The number of hydrogen-bond acceptors (Lipinski definition) is 3. The molecule has 0 aliphatic carbocycles. The summed E-state index contributed by atoms with van der Waals surface area (Å²) < 4.78 is 39.1.